The molecule has 1 amide bonds. The highest BCUT2D eigenvalue weighted by Gasteiger charge is 2.29. The minimum Gasteiger partial charge on any atom is -0.444 e. The van der Waals surface area contributed by atoms with Crippen molar-refractivity contribution < 1.29 is 19.1 Å². The molecule has 0 bridgehead atoms. The fourth-order valence-electron chi connectivity index (χ4n) is 2.15. The molecule has 0 aliphatic carbocycles. The maximum absolute atomic E-state index is 12.0. The molecular weight excluding hydrogens is 344 g/mol. The summed E-state index contributed by atoms with van der Waals surface area (Å²) in [7, 11) is 0. The molecule has 0 aromatic heterocycles. The first-order valence-electron chi connectivity index (χ1n) is 9.00. The Bertz CT molecular complexity index is 648. The predicted molar refractivity (Wildman–Crippen MR) is 106 cm³/mol. The molecule has 0 aliphatic rings. The van der Waals surface area contributed by atoms with Crippen LogP contribution in [0.2, 0.25) is 0 Å². The lowest BCUT2D eigenvalue weighted by Gasteiger charge is -2.32. The maximum atomic E-state index is 12.0. The fraction of sp³-hybridized carbons (Fsp3) is 0.524. The summed E-state index contributed by atoms with van der Waals surface area (Å²) in [4.78, 5) is 24.0. The van der Waals surface area contributed by atoms with Crippen molar-refractivity contribution in [3.8, 4) is 0 Å². The first-order chi connectivity index (χ1) is 12.4. The van der Waals surface area contributed by atoms with Gasteiger partial charge < -0.3 is 20.1 Å². The molecule has 0 aliphatic heterocycles. The number of carbonyl (C=O) groups is 2. The summed E-state index contributed by atoms with van der Waals surface area (Å²) in [5.74, 6) is -0.0720. The average molecular weight is 376 g/mol. The Labute approximate surface area is 162 Å². The van der Waals surface area contributed by atoms with Crippen LogP contribution in [-0.2, 0) is 20.9 Å². The van der Waals surface area contributed by atoms with Crippen LogP contribution in [0.3, 0.4) is 0 Å². The molecule has 2 N–H and O–H groups in total. The first-order valence-corrected chi connectivity index (χ1v) is 9.00. The van der Waals surface area contributed by atoms with E-state index in [0.29, 0.717) is 12.3 Å². The van der Waals surface area contributed by atoms with Crippen molar-refractivity contribution in [2.75, 3.05) is 6.61 Å². The van der Waals surface area contributed by atoms with Gasteiger partial charge in [-0.1, -0.05) is 36.9 Å². The van der Waals surface area contributed by atoms with Gasteiger partial charge in [-0.05, 0) is 47.1 Å². The van der Waals surface area contributed by atoms with Crippen molar-refractivity contribution in [1.82, 2.24) is 10.6 Å². The van der Waals surface area contributed by atoms with Crippen LogP contribution in [-0.4, -0.2) is 35.7 Å². The maximum Gasteiger partial charge on any atom is 0.408 e. The van der Waals surface area contributed by atoms with E-state index in [4.69, 9.17) is 9.47 Å². The molecule has 1 atom stereocenters. The number of hydrogen-bond acceptors (Lipinski definition) is 5. The van der Waals surface area contributed by atoms with Crippen LogP contribution in [0.25, 0.3) is 0 Å². The lowest BCUT2D eigenvalue weighted by atomic mass is 10.0. The van der Waals surface area contributed by atoms with E-state index in [1.165, 1.54) is 6.92 Å². The van der Waals surface area contributed by atoms with Gasteiger partial charge in [-0.15, -0.1) is 0 Å². The Balaban J connectivity index is 2.60. The fourth-order valence-corrected chi connectivity index (χ4v) is 2.15. The third kappa shape index (κ3) is 8.73. The summed E-state index contributed by atoms with van der Waals surface area (Å²) in [5.41, 5.74) is 0.125. The van der Waals surface area contributed by atoms with Gasteiger partial charge >= 0.3 is 6.09 Å². The first kappa shape index (κ1) is 22.7. The normalized spacial score (nSPS) is 12.8. The van der Waals surface area contributed by atoms with Gasteiger partial charge in [0.15, 0.2) is 5.78 Å². The number of alkyl carbamates (subject to hydrolysis) is 1. The molecule has 1 rings (SSSR count). The van der Waals surface area contributed by atoms with Crippen LogP contribution >= 0.6 is 0 Å². The van der Waals surface area contributed by atoms with Crippen LogP contribution in [0.4, 0.5) is 4.79 Å². The summed E-state index contributed by atoms with van der Waals surface area (Å²) in [6.45, 7) is 15.0. The number of benzene rings is 1. The SMILES string of the molecule is C=C(NC(COCc1ccccc1)C(C)=O)C(C)(C)NC(=O)OC(C)(C)C. The van der Waals surface area contributed by atoms with E-state index in [-0.39, 0.29) is 12.4 Å². The van der Waals surface area contributed by atoms with Gasteiger partial charge in [-0.2, -0.15) is 0 Å². The second-order valence-electron chi connectivity index (χ2n) is 8.04. The number of rotatable bonds is 9. The summed E-state index contributed by atoms with van der Waals surface area (Å²) < 4.78 is 10.9. The van der Waals surface area contributed by atoms with Gasteiger partial charge in [-0.25, -0.2) is 4.79 Å². The average Bonchev–Trinajstić information content (AvgIpc) is 2.52. The largest absolute Gasteiger partial charge is 0.444 e. The molecule has 0 fully saturated rings. The number of ketones is 1. The van der Waals surface area contributed by atoms with Gasteiger partial charge in [0.1, 0.15) is 11.6 Å². The number of ether oxygens (including phenoxy) is 2. The summed E-state index contributed by atoms with van der Waals surface area (Å²) in [6.07, 6.45) is -0.546. The number of nitrogens with one attached hydrogen (secondary N) is 2. The van der Waals surface area contributed by atoms with Gasteiger partial charge in [-0.3, -0.25) is 4.79 Å². The molecule has 0 saturated carbocycles. The highest BCUT2D eigenvalue weighted by Crippen LogP contribution is 2.15. The lowest BCUT2D eigenvalue weighted by Crippen LogP contribution is -2.52. The van der Waals surface area contributed by atoms with Crippen molar-refractivity contribution >= 4 is 11.9 Å². The highest BCUT2D eigenvalue weighted by molar-refractivity contribution is 5.82. The zero-order valence-corrected chi connectivity index (χ0v) is 17.2. The van der Waals surface area contributed by atoms with Crippen LogP contribution in [0.15, 0.2) is 42.6 Å². The smallest absolute Gasteiger partial charge is 0.408 e. The van der Waals surface area contributed by atoms with Crippen LogP contribution in [0.1, 0.15) is 47.1 Å². The number of amides is 1. The van der Waals surface area contributed by atoms with Crippen LogP contribution < -0.4 is 10.6 Å². The zero-order valence-electron chi connectivity index (χ0n) is 17.2. The molecule has 150 valence electrons. The minimum absolute atomic E-state index is 0.0720. The lowest BCUT2D eigenvalue weighted by molar-refractivity contribution is -0.120. The molecule has 27 heavy (non-hydrogen) atoms. The predicted octanol–water partition coefficient (Wildman–Crippen LogP) is 3.57. The Morgan fingerprint density at radius 2 is 1.70 bits per heavy atom. The molecule has 6 heteroatoms. The Kier molecular flexibility index (Phi) is 8.03. The van der Waals surface area contributed by atoms with E-state index in [1.807, 2.05) is 30.3 Å². The van der Waals surface area contributed by atoms with Crippen LogP contribution in [0, 0.1) is 0 Å². The second kappa shape index (κ2) is 9.55. The molecule has 0 heterocycles. The number of hydrogen-bond donors (Lipinski definition) is 2. The van der Waals surface area contributed by atoms with E-state index in [9.17, 15) is 9.59 Å². The summed E-state index contributed by atoms with van der Waals surface area (Å²) in [5, 5.41) is 5.84. The quantitative estimate of drug-likeness (QED) is 0.689. The molecule has 1 aromatic rings. The highest BCUT2D eigenvalue weighted by atomic mass is 16.6. The van der Waals surface area contributed by atoms with Crippen molar-refractivity contribution in [1.29, 1.82) is 0 Å². The van der Waals surface area contributed by atoms with E-state index in [2.05, 4.69) is 17.2 Å². The van der Waals surface area contributed by atoms with Gasteiger partial charge in [0.25, 0.3) is 0 Å². The van der Waals surface area contributed by atoms with Gasteiger partial charge in [0, 0.05) is 5.70 Å². The monoisotopic (exact) mass is 376 g/mol. The molecule has 1 aromatic carbocycles. The van der Waals surface area contributed by atoms with E-state index >= 15 is 0 Å². The van der Waals surface area contributed by atoms with Crippen molar-refractivity contribution in [2.45, 2.75) is 65.3 Å². The summed E-state index contributed by atoms with van der Waals surface area (Å²) >= 11 is 0. The summed E-state index contributed by atoms with van der Waals surface area (Å²) in [6, 6.07) is 9.18. The standard InChI is InChI=1S/C21H32N2O4/c1-15(24)18(14-26-13-17-11-9-8-10-12-17)22-16(2)21(6,7)23-19(25)27-20(3,4)5/h8-12,18,22H,2,13-14H2,1,3-7H3,(H,23,25). The van der Waals surface area contributed by atoms with Crippen molar-refractivity contribution in [3.63, 3.8) is 0 Å². The zero-order chi connectivity index (χ0) is 20.7. The van der Waals surface area contributed by atoms with Crippen LogP contribution in [0.5, 0.6) is 0 Å². The Morgan fingerprint density at radius 1 is 1.11 bits per heavy atom. The third-order valence-electron chi connectivity index (χ3n) is 3.80. The molecule has 0 radical (unpaired) electrons. The van der Waals surface area contributed by atoms with Gasteiger partial charge in [0.2, 0.25) is 0 Å². The van der Waals surface area contributed by atoms with E-state index in [0.717, 1.165) is 5.56 Å². The Hall–Kier alpha value is -2.34. The second-order valence-corrected chi connectivity index (χ2v) is 8.04. The van der Waals surface area contributed by atoms with Crippen molar-refractivity contribution in [2.24, 2.45) is 0 Å². The molecule has 0 saturated heterocycles. The minimum atomic E-state index is -0.810. The third-order valence-corrected chi connectivity index (χ3v) is 3.80. The molecule has 1 unspecified atom stereocenters. The molecule has 6 nitrogen and oxygen atoms in total. The van der Waals surface area contributed by atoms with E-state index in [1.54, 1.807) is 34.6 Å². The molecule has 0 spiro atoms. The van der Waals surface area contributed by atoms with Gasteiger partial charge in [0.05, 0.1) is 18.8 Å². The number of carbonyl (C=O) groups excluding carboxylic acids is 2. The molecular formula is C21H32N2O4. The van der Waals surface area contributed by atoms with E-state index < -0.39 is 23.3 Å². The van der Waals surface area contributed by atoms with Crippen molar-refractivity contribution in [3.05, 3.63) is 48.2 Å². The Morgan fingerprint density at radius 3 is 2.22 bits per heavy atom. The number of Topliss-reactive ketones (excluding diaryl/α,β-unsaturated/α-hetero) is 1. The topological polar surface area (TPSA) is 76.7 Å².